The van der Waals surface area contributed by atoms with Crippen LogP contribution in [0.1, 0.15) is 5.82 Å². The Bertz CT molecular complexity index is 1220. The second kappa shape index (κ2) is 5.97. The second-order valence-electron chi connectivity index (χ2n) is 6.22. The number of anilines is 2. The molecule has 0 radical (unpaired) electrons. The van der Waals surface area contributed by atoms with E-state index in [9.17, 15) is 0 Å². The maximum Gasteiger partial charge on any atom is 0.152 e. The summed E-state index contributed by atoms with van der Waals surface area (Å²) in [7, 11) is 0. The number of nitrogens with zero attached hydrogens (tertiary/aromatic N) is 2. The number of aromatic nitrogens is 3. The molecule has 5 aromatic rings. The van der Waals surface area contributed by atoms with Crippen LogP contribution in [0.4, 0.5) is 11.5 Å². The molecular formula is C21H16N4S. The Kier molecular flexibility index (Phi) is 3.47. The molecule has 0 amide bonds. The molecule has 0 fully saturated rings. The maximum atomic E-state index is 4.65. The van der Waals surface area contributed by atoms with Gasteiger partial charge in [0.2, 0.25) is 0 Å². The van der Waals surface area contributed by atoms with Crippen molar-refractivity contribution >= 4 is 44.0 Å². The van der Waals surface area contributed by atoms with Crippen LogP contribution in [0.5, 0.6) is 0 Å². The van der Waals surface area contributed by atoms with Gasteiger partial charge >= 0.3 is 0 Å². The average molecular weight is 356 g/mol. The van der Waals surface area contributed by atoms with E-state index in [2.05, 4.69) is 74.9 Å². The van der Waals surface area contributed by atoms with Gasteiger partial charge in [0.05, 0.1) is 10.2 Å². The highest BCUT2D eigenvalue weighted by Crippen LogP contribution is 2.37. The second-order valence-corrected chi connectivity index (χ2v) is 7.27. The monoisotopic (exact) mass is 356 g/mol. The Morgan fingerprint density at radius 1 is 0.962 bits per heavy atom. The number of hydrogen-bond donors (Lipinski definition) is 2. The van der Waals surface area contributed by atoms with Crippen LogP contribution < -0.4 is 5.32 Å². The Balaban J connectivity index is 1.61. The number of aryl methyl sites for hydroxylation is 1. The maximum absolute atomic E-state index is 4.65. The summed E-state index contributed by atoms with van der Waals surface area (Å²) in [5.74, 6) is 1.62. The number of benzene rings is 2. The van der Waals surface area contributed by atoms with Gasteiger partial charge < -0.3 is 10.3 Å². The van der Waals surface area contributed by atoms with Gasteiger partial charge in [0.15, 0.2) is 5.82 Å². The minimum Gasteiger partial charge on any atom is -0.361 e. The number of nitrogens with one attached hydrogen (secondary N) is 2. The van der Waals surface area contributed by atoms with Gasteiger partial charge in [0.1, 0.15) is 5.82 Å². The first-order valence-electron chi connectivity index (χ1n) is 8.44. The van der Waals surface area contributed by atoms with Gasteiger partial charge in [0, 0.05) is 27.7 Å². The predicted molar refractivity (Wildman–Crippen MR) is 109 cm³/mol. The molecule has 0 aliphatic carbocycles. The molecule has 0 spiro atoms. The standard InChI is InChI=1S/C21H16N4S/c1-13-23-18-12-19(14-5-3-2-4-6-14)26-20(18)21(24-13)25-16-7-8-17-15(11-16)9-10-22-17/h2-12,22H,1H3,(H,23,24,25). The smallest absolute Gasteiger partial charge is 0.152 e. The molecule has 26 heavy (non-hydrogen) atoms. The molecule has 3 aromatic heterocycles. The van der Waals surface area contributed by atoms with Gasteiger partial charge in [-0.3, -0.25) is 0 Å². The third-order valence-electron chi connectivity index (χ3n) is 4.36. The Morgan fingerprint density at radius 3 is 2.73 bits per heavy atom. The van der Waals surface area contributed by atoms with Gasteiger partial charge in [-0.05, 0) is 42.8 Å². The fourth-order valence-corrected chi connectivity index (χ4v) is 4.19. The summed E-state index contributed by atoms with van der Waals surface area (Å²) < 4.78 is 1.07. The number of rotatable bonds is 3. The molecule has 2 aromatic carbocycles. The van der Waals surface area contributed by atoms with Crippen LogP contribution in [-0.4, -0.2) is 15.0 Å². The molecule has 5 rings (SSSR count). The lowest BCUT2D eigenvalue weighted by Crippen LogP contribution is -1.97. The fraction of sp³-hybridized carbons (Fsp3) is 0.0476. The van der Waals surface area contributed by atoms with Crippen LogP contribution in [0.15, 0.2) is 66.9 Å². The van der Waals surface area contributed by atoms with Crippen LogP contribution in [0.25, 0.3) is 31.6 Å². The Labute approximate surface area is 154 Å². The quantitative estimate of drug-likeness (QED) is 0.424. The molecule has 3 heterocycles. The van der Waals surface area contributed by atoms with E-state index in [0.717, 1.165) is 33.1 Å². The molecule has 5 heteroatoms. The van der Waals surface area contributed by atoms with Crippen molar-refractivity contribution in [2.24, 2.45) is 0 Å². The van der Waals surface area contributed by atoms with Crippen molar-refractivity contribution in [2.45, 2.75) is 6.92 Å². The summed E-state index contributed by atoms with van der Waals surface area (Å²) in [6.07, 6.45) is 1.95. The van der Waals surface area contributed by atoms with Gasteiger partial charge in [-0.15, -0.1) is 11.3 Å². The van der Waals surface area contributed by atoms with Gasteiger partial charge in [-0.2, -0.15) is 0 Å². The van der Waals surface area contributed by atoms with E-state index in [0.29, 0.717) is 0 Å². The van der Waals surface area contributed by atoms with Crippen LogP contribution in [0, 0.1) is 6.92 Å². The van der Waals surface area contributed by atoms with Crippen molar-refractivity contribution in [1.82, 2.24) is 15.0 Å². The van der Waals surface area contributed by atoms with E-state index >= 15 is 0 Å². The lowest BCUT2D eigenvalue weighted by atomic mass is 10.2. The Hall–Kier alpha value is -3.18. The highest BCUT2D eigenvalue weighted by molar-refractivity contribution is 7.22. The summed E-state index contributed by atoms with van der Waals surface area (Å²) in [5, 5.41) is 4.65. The average Bonchev–Trinajstić information content (AvgIpc) is 3.28. The zero-order chi connectivity index (χ0) is 17.5. The normalized spacial score (nSPS) is 11.3. The molecule has 0 saturated heterocycles. The minimum atomic E-state index is 0.764. The molecule has 0 bridgehead atoms. The first-order valence-corrected chi connectivity index (χ1v) is 9.26. The van der Waals surface area contributed by atoms with Gasteiger partial charge in [0.25, 0.3) is 0 Å². The van der Waals surface area contributed by atoms with Crippen molar-refractivity contribution in [1.29, 1.82) is 0 Å². The van der Waals surface area contributed by atoms with E-state index in [1.165, 1.54) is 15.8 Å². The van der Waals surface area contributed by atoms with Crippen molar-refractivity contribution in [3.05, 3.63) is 72.7 Å². The third-order valence-corrected chi connectivity index (χ3v) is 5.54. The number of fused-ring (bicyclic) bond motifs is 2. The van der Waals surface area contributed by atoms with E-state index in [1.54, 1.807) is 11.3 Å². The summed E-state index contributed by atoms with van der Waals surface area (Å²) in [6, 6.07) is 20.9. The molecule has 0 atom stereocenters. The number of H-pyrrole nitrogens is 1. The van der Waals surface area contributed by atoms with Crippen molar-refractivity contribution in [2.75, 3.05) is 5.32 Å². The highest BCUT2D eigenvalue weighted by atomic mass is 32.1. The number of aromatic amines is 1. The molecule has 0 unspecified atom stereocenters. The predicted octanol–water partition coefficient (Wildman–Crippen LogP) is 5.89. The van der Waals surface area contributed by atoms with E-state index in [-0.39, 0.29) is 0 Å². The van der Waals surface area contributed by atoms with Crippen LogP contribution in [-0.2, 0) is 0 Å². The van der Waals surface area contributed by atoms with Crippen LogP contribution in [0.2, 0.25) is 0 Å². The molecule has 0 aliphatic rings. The summed E-state index contributed by atoms with van der Waals surface area (Å²) >= 11 is 1.72. The third kappa shape index (κ3) is 2.62. The zero-order valence-corrected chi connectivity index (χ0v) is 15.0. The van der Waals surface area contributed by atoms with Gasteiger partial charge in [-0.1, -0.05) is 30.3 Å². The minimum absolute atomic E-state index is 0.764. The summed E-state index contributed by atoms with van der Waals surface area (Å²) in [6.45, 7) is 1.93. The van der Waals surface area contributed by atoms with Gasteiger partial charge in [-0.25, -0.2) is 9.97 Å². The molecule has 4 nitrogen and oxygen atoms in total. The lowest BCUT2D eigenvalue weighted by Gasteiger charge is -2.07. The molecule has 0 aliphatic heterocycles. The summed E-state index contributed by atoms with van der Waals surface area (Å²) in [4.78, 5) is 13.7. The number of thiophene rings is 1. The largest absolute Gasteiger partial charge is 0.361 e. The van der Waals surface area contributed by atoms with Crippen molar-refractivity contribution in [3.63, 3.8) is 0 Å². The van der Waals surface area contributed by atoms with Crippen molar-refractivity contribution < 1.29 is 0 Å². The first kappa shape index (κ1) is 15.1. The highest BCUT2D eigenvalue weighted by Gasteiger charge is 2.12. The molecule has 2 N–H and O–H groups in total. The van der Waals surface area contributed by atoms with Crippen LogP contribution in [0.3, 0.4) is 0 Å². The summed E-state index contributed by atoms with van der Waals surface area (Å²) in [5.41, 5.74) is 4.33. The SMILES string of the molecule is Cc1nc(Nc2ccc3[nH]ccc3c2)c2sc(-c3ccccc3)cc2n1. The molecule has 0 saturated carbocycles. The van der Waals surface area contributed by atoms with Crippen LogP contribution >= 0.6 is 11.3 Å². The molecular weight excluding hydrogens is 340 g/mol. The number of hydrogen-bond acceptors (Lipinski definition) is 4. The molecule has 126 valence electrons. The van der Waals surface area contributed by atoms with Crippen molar-refractivity contribution in [3.8, 4) is 10.4 Å². The lowest BCUT2D eigenvalue weighted by molar-refractivity contribution is 1.10. The van der Waals surface area contributed by atoms with E-state index in [1.807, 2.05) is 19.2 Å². The van der Waals surface area contributed by atoms with E-state index < -0.39 is 0 Å². The first-order chi connectivity index (χ1) is 12.8. The Morgan fingerprint density at radius 2 is 1.85 bits per heavy atom. The topological polar surface area (TPSA) is 53.6 Å². The zero-order valence-electron chi connectivity index (χ0n) is 14.2. The fourth-order valence-electron chi connectivity index (χ4n) is 3.14. The van der Waals surface area contributed by atoms with E-state index in [4.69, 9.17) is 0 Å².